The number of cyclic esters (lactones) is 1. The first-order chi connectivity index (χ1) is 7.59. The van der Waals surface area contributed by atoms with Crippen molar-refractivity contribution in [3.8, 4) is 0 Å². The van der Waals surface area contributed by atoms with Crippen molar-refractivity contribution in [2.75, 3.05) is 6.61 Å². The molecule has 7 heteroatoms. The predicted octanol–water partition coefficient (Wildman–Crippen LogP) is 3.21. The fraction of sp³-hybridized carbons (Fsp3) is 0.300. The average Bonchev–Trinajstić information content (AvgIpc) is 2.24. The number of carbonyl (C=O) groups is 1. The van der Waals surface area contributed by atoms with Gasteiger partial charge in [0.1, 0.15) is 11.6 Å². The van der Waals surface area contributed by atoms with Gasteiger partial charge in [-0.05, 0) is 12.1 Å². The molecule has 0 unspecified atom stereocenters. The summed E-state index contributed by atoms with van der Waals surface area (Å²) in [7, 11) is 0. The molecule has 94 valence electrons. The van der Waals surface area contributed by atoms with E-state index in [2.05, 4.69) is 10.1 Å². The standard InChI is InChI=1S/C10H8ClF2NO2.ClH/c11-9-6(13)2-1-5(12)8(9)7-3-4-16-10(15)14-7;/h1-2,7H,3-4H2,(H,14,15);1H/t7-;/m0./s1. The van der Waals surface area contributed by atoms with Gasteiger partial charge in [-0.1, -0.05) is 11.6 Å². The van der Waals surface area contributed by atoms with E-state index in [-0.39, 0.29) is 29.6 Å². The lowest BCUT2D eigenvalue weighted by molar-refractivity contribution is 0.115. The maximum Gasteiger partial charge on any atom is 0.407 e. The van der Waals surface area contributed by atoms with Gasteiger partial charge in [-0.2, -0.15) is 0 Å². The van der Waals surface area contributed by atoms with Crippen LogP contribution in [-0.4, -0.2) is 12.7 Å². The lowest BCUT2D eigenvalue weighted by Gasteiger charge is -2.24. The summed E-state index contributed by atoms with van der Waals surface area (Å²) in [6.45, 7) is 0.156. The van der Waals surface area contributed by atoms with Crippen molar-refractivity contribution in [2.45, 2.75) is 12.5 Å². The van der Waals surface area contributed by atoms with Crippen LogP contribution in [0.5, 0.6) is 0 Å². The molecule has 1 fully saturated rings. The quantitative estimate of drug-likeness (QED) is 0.804. The number of carbonyl (C=O) groups excluding carboxylic acids is 1. The fourth-order valence-electron chi connectivity index (χ4n) is 1.60. The maximum atomic E-state index is 13.5. The Labute approximate surface area is 107 Å². The molecular weight excluding hydrogens is 275 g/mol. The highest BCUT2D eigenvalue weighted by Crippen LogP contribution is 2.31. The number of benzene rings is 1. The summed E-state index contributed by atoms with van der Waals surface area (Å²) in [4.78, 5) is 11.0. The van der Waals surface area contributed by atoms with E-state index in [1.165, 1.54) is 0 Å². The molecule has 0 aliphatic carbocycles. The van der Waals surface area contributed by atoms with Gasteiger partial charge < -0.3 is 10.1 Å². The molecule has 1 N–H and O–H groups in total. The van der Waals surface area contributed by atoms with Gasteiger partial charge in [0.25, 0.3) is 0 Å². The minimum atomic E-state index is -0.709. The second kappa shape index (κ2) is 5.51. The van der Waals surface area contributed by atoms with Gasteiger partial charge in [0, 0.05) is 12.0 Å². The van der Waals surface area contributed by atoms with E-state index in [1.54, 1.807) is 0 Å². The zero-order valence-electron chi connectivity index (χ0n) is 8.50. The maximum absolute atomic E-state index is 13.5. The van der Waals surface area contributed by atoms with Gasteiger partial charge in [0.2, 0.25) is 0 Å². The Balaban J connectivity index is 0.00000144. The molecule has 3 nitrogen and oxygen atoms in total. The van der Waals surface area contributed by atoms with E-state index in [0.717, 1.165) is 12.1 Å². The third-order valence-corrected chi connectivity index (χ3v) is 2.74. The second-order valence-electron chi connectivity index (χ2n) is 3.38. The Kier molecular flexibility index (Phi) is 4.54. The molecule has 17 heavy (non-hydrogen) atoms. The van der Waals surface area contributed by atoms with Gasteiger partial charge in [-0.25, -0.2) is 13.6 Å². The van der Waals surface area contributed by atoms with Gasteiger partial charge >= 0.3 is 6.09 Å². The van der Waals surface area contributed by atoms with E-state index in [1.807, 2.05) is 0 Å². The normalized spacial score (nSPS) is 19.0. The lowest BCUT2D eigenvalue weighted by atomic mass is 10.0. The smallest absolute Gasteiger partial charge is 0.407 e. The van der Waals surface area contributed by atoms with Crippen LogP contribution < -0.4 is 5.32 Å². The molecule has 1 heterocycles. The highest BCUT2D eigenvalue weighted by Gasteiger charge is 2.26. The Morgan fingerprint density at radius 1 is 1.35 bits per heavy atom. The van der Waals surface area contributed by atoms with Gasteiger partial charge in [0.15, 0.2) is 0 Å². The van der Waals surface area contributed by atoms with Crippen molar-refractivity contribution < 1.29 is 18.3 Å². The lowest BCUT2D eigenvalue weighted by Crippen LogP contribution is -2.36. The number of ether oxygens (including phenoxy) is 1. The number of nitrogens with one attached hydrogen (secondary N) is 1. The van der Waals surface area contributed by atoms with E-state index in [0.29, 0.717) is 6.42 Å². The summed E-state index contributed by atoms with van der Waals surface area (Å²) in [6.07, 6.45) is -0.303. The number of alkyl carbamates (subject to hydrolysis) is 1. The molecule has 1 atom stereocenters. The monoisotopic (exact) mass is 283 g/mol. The van der Waals surface area contributed by atoms with Crippen LogP contribution in [0, 0.1) is 11.6 Å². The van der Waals surface area contributed by atoms with Crippen molar-refractivity contribution in [3.05, 3.63) is 34.4 Å². The van der Waals surface area contributed by atoms with Crippen molar-refractivity contribution in [1.29, 1.82) is 0 Å². The molecule has 2 rings (SSSR count). The molecule has 0 saturated carbocycles. The summed E-state index contributed by atoms with van der Waals surface area (Å²) in [5.74, 6) is -1.35. The minimum absolute atomic E-state index is 0. The first-order valence-corrected chi connectivity index (χ1v) is 5.04. The summed E-state index contributed by atoms with van der Waals surface area (Å²) in [6, 6.07) is 1.28. The Morgan fingerprint density at radius 3 is 2.65 bits per heavy atom. The van der Waals surface area contributed by atoms with Gasteiger partial charge in [-0.15, -0.1) is 12.4 Å². The molecule has 1 aromatic rings. The van der Waals surface area contributed by atoms with Crippen LogP contribution in [0.3, 0.4) is 0 Å². The molecule has 1 aromatic carbocycles. The molecule has 1 aliphatic heterocycles. The largest absolute Gasteiger partial charge is 0.449 e. The number of hydrogen-bond donors (Lipinski definition) is 1. The van der Waals surface area contributed by atoms with E-state index in [4.69, 9.17) is 11.6 Å². The summed E-state index contributed by atoms with van der Waals surface area (Å²) < 4.78 is 31.3. The first kappa shape index (κ1) is 14.0. The van der Waals surface area contributed by atoms with Crippen LogP contribution in [0.2, 0.25) is 5.02 Å². The van der Waals surface area contributed by atoms with Crippen LogP contribution in [0.25, 0.3) is 0 Å². The second-order valence-corrected chi connectivity index (χ2v) is 3.76. The first-order valence-electron chi connectivity index (χ1n) is 4.66. The molecule has 0 bridgehead atoms. The minimum Gasteiger partial charge on any atom is -0.449 e. The molecule has 1 amide bonds. The molecule has 0 radical (unpaired) electrons. The number of hydrogen-bond acceptors (Lipinski definition) is 2. The molecule has 0 aromatic heterocycles. The Morgan fingerprint density at radius 2 is 2.00 bits per heavy atom. The zero-order chi connectivity index (χ0) is 11.7. The SMILES string of the molecule is Cl.O=C1N[C@H](c2c(F)ccc(F)c2Cl)CCO1. The number of halogens is 4. The third-order valence-electron chi connectivity index (χ3n) is 2.36. The summed E-state index contributed by atoms with van der Waals surface area (Å²) >= 11 is 5.67. The van der Waals surface area contributed by atoms with Gasteiger partial charge in [0.05, 0.1) is 17.7 Å². The molecule has 1 saturated heterocycles. The fourth-order valence-corrected chi connectivity index (χ4v) is 1.89. The molecule has 0 spiro atoms. The Hall–Kier alpha value is -1.07. The predicted molar refractivity (Wildman–Crippen MR) is 60.5 cm³/mol. The molecule has 1 aliphatic rings. The average molecular weight is 284 g/mol. The third kappa shape index (κ3) is 2.79. The van der Waals surface area contributed by atoms with Crippen molar-refractivity contribution in [2.24, 2.45) is 0 Å². The Bertz CT molecular complexity index is 443. The van der Waals surface area contributed by atoms with Crippen LogP contribution >= 0.6 is 24.0 Å². The van der Waals surface area contributed by atoms with Crippen LogP contribution in [-0.2, 0) is 4.74 Å². The van der Waals surface area contributed by atoms with Gasteiger partial charge in [-0.3, -0.25) is 0 Å². The summed E-state index contributed by atoms with van der Waals surface area (Å²) in [5, 5.41) is 2.09. The number of rotatable bonds is 1. The highest BCUT2D eigenvalue weighted by atomic mass is 35.5. The van der Waals surface area contributed by atoms with E-state index < -0.39 is 23.8 Å². The summed E-state index contributed by atoms with van der Waals surface area (Å²) in [5.41, 5.74) is -0.0293. The zero-order valence-corrected chi connectivity index (χ0v) is 10.1. The van der Waals surface area contributed by atoms with Crippen molar-refractivity contribution in [3.63, 3.8) is 0 Å². The van der Waals surface area contributed by atoms with E-state index >= 15 is 0 Å². The highest BCUT2D eigenvalue weighted by molar-refractivity contribution is 6.31. The van der Waals surface area contributed by atoms with Crippen LogP contribution in [0.15, 0.2) is 12.1 Å². The number of amides is 1. The van der Waals surface area contributed by atoms with Crippen molar-refractivity contribution in [1.82, 2.24) is 5.32 Å². The van der Waals surface area contributed by atoms with Crippen molar-refractivity contribution >= 4 is 30.1 Å². The van der Waals surface area contributed by atoms with Crippen LogP contribution in [0.1, 0.15) is 18.0 Å². The van der Waals surface area contributed by atoms with E-state index in [9.17, 15) is 13.6 Å². The molecular formula is C10H9Cl2F2NO2. The van der Waals surface area contributed by atoms with Crippen LogP contribution in [0.4, 0.5) is 13.6 Å². The topological polar surface area (TPSA) is 38.3 Å².